The van der Waals surface area contributed by atoms with Gasteiger partial charge in [0.2, 0.25) is 5.91 Å². The number of ketones is 1. The highest BCUT2D eigenvalue weighted by atomic mass is 35.5. The predicted molar refractivity (Wildman–Crippen MR) is 170 cm³/mol. The molecular formula is C34H42ClF6NO5S. The molecule has 1 N–H and O–H groups in total. The van der Waals surface area contributed by atoms with E-state index in [2.05, 4.69) is 0 Å². The Bertz CT molecular complexity index is 1540. The third-order valence-electron chi connectivity index (χ3n) is 9.15. The molecule has 2 aromatic carbocycles. The first-order valence-corrected chi connectivity index (χ1v) is 17.8. The molecule has 0 aromatic heterocycles. The Morgan fingerprint density at radius 3 is 2.06 bits per heavy atom. The van der Waals surface area contributed by atoms with Gasteiger partial charge >= 0.3 is 12.4 Å². The Kier molecular flexibility index (Phi) is 12.5. The molecule has 1 saturated heterocycles. The second-order valence-corrected chi connectivity index (χ2v) is 15.3. The molecule has 2 aliphatic rings. The van der Waals surface area contributed by atoms with Crippen LogP contribution in [0.5, 0.6) is 0 Å². The molecule has 14 heteroatoms. The summed E-state index contributed by atoms with van der Waals surface area (Å²) in [6.45, 7) is 7.11. The monoisotopic (exact) mass is 725 g/mol. The van der Waals surface area contributed by atoms with Crippen molar-refractivity contribution < 1.29 is 49.5 Å². The summed E-state index contributed by atoms with van der Waals surface area (Å²) in [7, 11) is -4.38. The van der Waals surface area contributed by atoms with Gasteiger partial charge in [-0.05, 0) is 81.3 Å². The van der Waals surface area contributed by atoms with Crippen LogP contribution in [0.1, 0.15) is 95.8 Å². The van der Waals surface area contributed by atoms with Crippen LogP contribution in [0.3, 0.4) is 0 Å². The summed E-state index contributed by atoms with van der Waals surface area (Å²) in [4.78, 5) is 24.9. The van der Waals surface area contributed by atoms with Crippen molar-refractivity contribution in [2.45, 2.75) is 119 Å². The quantitative estimate of drug-likeness (QED) is 0.196. The van der Waals surface area contributed by atoms with Crippen LogP contribution in [0.2, 0.25) is 5.02 Å². The number of aryl methyl sites for hydroxylation is 1. The zero-order valence-corrected chi connectivity index (χ0v) is 28.9. The molecule has 268 valence electrons. The van der Waals surface area contributed by atoms with Crippen molar-refractivity contribution in [1.29, 1.82) is 0 Å². The molecule has 3 atom stereocenters. The fourth-order valence-corrected chi connectivity index (χ4v) is 9.44. The second-order valence-electron chi connectivity index (χ2n) is 12.7. The number of carbonyl (C=O) groups excluding carboxylic acids is 2. The third kappa shape index (κ3) is 7.43. The first-order chi connectivity index (χ1) is 22.2. The number of likely N-dealkylation sites (tertiary alicyclic amines) is 1. The van der Waals surface area contributed by atoms with E-state index < -0.39 is 44.1 Å². The number of hydrogen-bond donors (Lipinski definition) is 1. The van der Waals surface area contributed by atoms with E-state index in [1.54, 1.807) is 4.90 Å². The Labute approximate surface area is 282 Å². The van der Waals surface area contributed by atoms with E-state index in [1.807, 2.05) is 13.8 Å². The average Bonchev–Trinajstić information content (AvgIpc) is 3.40. The molecule has 3 unspecified atom stereocenters. The summed E-state index contributed by atoms with van der Waals surface area (Å²) >= 11 is 6.00. The SMILES string of the molecule is CC(C)=O.CCCCCC(CCC)C(=O)N1CCC2(S(=O)(=O)c3ccc(Cl)cc3)c3ccc(C(O)(C(F)(F)F)C(F)(F)F)cc3CCC12. The third-order valence-corrected chi connectivity index (χ3v) is 12.0. The predicted octanol–water partition coefficient (Wildman–Crippen LogP) is 8.46. The molecule has 1 heterocycles. The summed E-state index contributed by atoms with van der Waals surface area (Å²) in [6.07, 6.45) is -7.67. The summed E-state index contributed by atoms with van der Waals surface area (Å²) in [5, 5.41) is 10.3. The lowest BCUT2D eigenvalue weighted by atomic mass is 9.76. The number of fused-ring (bicyclic) bond motifs is 3. The number of Topliss-reactive ketones (excluding diaryl/α,β-unsaturated/α-hetero) is 1. The molecule has 1 fully saturated rings. The molecular weight excluding hydrogens is 684 g/mol. The minimum absolute atomic E-state index is 0.000712. The first-order valence-electron chi connectivity index (χ1n) is 16.0. The highest BCUT2D eigenvalue weighted by Gasteiger charge is 2.72. The summed E-state index contributed by atoms with van der Waals surface area (Å²) in [6, 6.07) is 6.51. The van der Waals surface area contributed by atoms with Gasteiger partial charge in [-0.2, -0.15) is 26.3 Å². The largest absolute Gasteiger partial charge is 0.430 e. The van der Waals surface area contributed by atoms with Gasteiger partial charge in [-0.25, -0.2) is 8.42 Å². The van der Waals surface area contributed by atoms with Gasteiger partial charge in [-0.15, -0.1) is 0 Å². The van der Waals surface area contributed by atoms with Crippen molar-refractivity contribution in [3.63, 3.8) is 0 Å². The van der Waals surface area contributed by atoms with Crippen molar-refractivity contribution in [3.05, 3.63) is 64.2 Å². The van der Waals surface area contributed by atoms with Crippen molar-refractivity contribution in [2.75, 3.05) is 6.54 Å². The standard InChI is InChI=1S/C31H36ClF6NO4S.C3H6O/c1-3-5-6-8-20(7-4-2)27(40)39-18-17-28(44(42,43)24-13-11-23(32)12-14-24)25-15-10-22(19-21(25)9-16-26(28)39)29(41,30(33,34)35)31(36,37)38;1-3(2)4/h10-15,19-20,26,41H,3-9,16-18H2,1-2H3;1-2H3. The number of alkyl halides is 6. The molecule has 6 nitrogen and oxygen atoms in total. The van der Waals surface area contributed by atoms with Crippen LogP contribution in [0.25, 0.3) is 0 Å². The van der Waals surface area contributed by atoms with E-state index in [0.717, 1.165) is 31.7 Å². The second kappa shape index (κ2) is 15.1. The first kappa shape index (κ1) is 39.8. The molecule has 2 aromatic rings. The number of halogens is 7. The van der Waals surface area contributed by atoms with E-state index in [0.29, 0.717) is 25.0 Å². The zero-order chi connectivity index (χ0) is 36.3. The number of unbranched alkanes of at least 4 members (excludes halogenated alkanes) is 2. The van der Waals surface area contributed by atoms with Crippen LogP contribution in [-0.4, -0.2) is 55.1 Å². The fourth-order valence-electron chi connectivity index (χ4n) is 6.94. The zero-order valence-electron chi connectivity index (χ0n) is 27.3. The van der Waals surface area contributed by atoms with Gasteiger partial charge in [-0.3, -0.25) is 4.79 Å². The molecule has 0 radical (unpaired) electrons. The molecule has 0 spiro atoms. The number of nitrogens with zero attached hydrogens (tertiary/aromatic N) is 1. The van der Waals surface area contributed by atoms with Crippen molar-refractivity contribution in [2.24, 2.45) is 5.92 Å². The Balaban J connectivity index is 0.00000148. The van der Waals surface area contributed by atoms with Gasteiger partial charge in [0.1, 0.15) is 10.5 Å². The highest BCUT2D eigenvalue weighted by molar-refractivity contribution is 7.92. The topological polar surface area (TPSA) is 91.8 Å². The van der Waals surface area contributed by atoms with Crippen LogP contribution in [-0.2, 0) is 36.2 Å². The number of rotatable bonds is 10. The van der Waals surface area contributed by atoms with Crippen LogP contribution >= 0.6 is 11.6 Å². The van der Waals surface area contributed by atoms with Gasteiger partial charge in [0.05, 0.1) is 10.9 Å². The van der Waals surface area contributed by atoms with Crippen LogP contribution in [0.4, 0.5) is 26.3 Å². The van der Waals surface area contributed by atoms with E-state index in [4.69, 9.17) is 11.6 Å². The number of aliphatic hydroxyl groups is 1. The summed E-state index contributed by atoms with van der Waals surface area (Å²) < 4.78 is 110. The number of carbonyl (C=O) groups is 2. The lowest BCUT2D eigenvalue weighted by molar-refractivity contribution is -0.376. The van der Waals surface area contributed by atoms with Crippen LogP contribution in [0, 0.1) is 5.92 Å². The van der Waals surface area contributed by atoms with Gasteiger partial charge in [0.25, 0.3) is 5.60 Å². The number of sulfone groups is 1. The molecule has 0 saturated carbocycles. The van der Waals surface area contributed by atoms with Gasteiger partial charge in [0, 0.05) is 23.0 Å². The highest BCUT2D eigenvalue weighted by Crippen LogP contribution is 2.55. The number of hydrogen-bond acceptors (Lipinski definition) is 5. The van der Waals surface area contributed by atoms with E-state index in [-0.39, 0.29) is 64.5 Å². The van der Waals surface area contributed by atoms with E-state index in [9.17, 15) is 49.5 Å². The maximum Gasteiger partial charge on any atom is 0.430 e. The molecule has 1 aliphatic carbocycles. The molecule has 1 amide bonds. The normalized spacial score (nSPS) is 20.3. The van der Waals surface area contributed by atoms with Crippen molar-refractivity contribution in [3.8, 4) is 0 Å². The lowest BCUT2D eigenvalue weighted by Crippen LogP contribution is -2.55. The molecule has 48 heavy (non-hydrogen) atoms. The number of amides is 1. The Morgan fingerprint density at radius 1 is 0.958 bits per heavy atom. The smallest absolute Gasteiger partial charge is 0.369 e. The average molecular weight is 726 g/mol. The lowest BCUT2D eigenvalue weighted by Gasteiger charge is -2.43. The molecule has 4 rings (SSSR count). The summed E-state index contributed by atoms with van der Waals surface area (Å²) in [5.74, 6) is -0.359. The van der Waals surface area contributed by atoms with Crippen molar-refractivity contribution in [1.82, 2.24) is 4.90 Å². The fraction of sp³-hybridized carbons (Fsp3) is 0.588. The van der Waals surface area contributed by atoms with Gasteiger partial charge in [-0.1, -0.05) is 69.3 Å². The van der Waals surface area contributed by atoms with Crippen LogP contribution < -0.4 is 0 Å². The molecule has 0 bridgehead atoms. The summed E-state index contributed by atoms with van der Waals surface area (Å²) in [5.41, 5.74) is -6.62. The van der Waals surface area contributed by atoms with Crippen LogP contribution in [0.15, 0.2) is 47.4 Å². The van der Waals surface area contributed by atoms with Gasteiger partial charge < -0.3 is 14.8 Å². The number of benzene rings is 2. The van der Waals surface area contributed by atoms with E-state index >= 15 is 0 Å². The van der Waals surface area contributed by atoms with Gasteiger partial charge in [0.15, 0.2) is 9.84 Å². The minimum atomic E-state index is -6.09. The maximum absolute atomic E-state index is 14.5. The van der Waals surface area contributed by atoms with Crippen molar-refractivity contribution >= 4 is 33.1 Å². The maximum atomic E-state index is 14.5. The Hall–Kier alpha value is -2.64. The van der Waals surface area contributed by atoms with E-state index in [1.165, 1.54) is 38.1 Å². The Morgan fingerprint density at radius 2 is 1.54 bits per heavy atom. The minimum Gasteiger partial charge on any atom is -0.369 e. The molecule has 1 aliphatic heterocycles.